The molecule has 0 unspecified atom stereocenters. The van der Waals surface area contributed by atoms with E-state index in [1.807, 2.05) is 0 Å². The Kier molecular flexibility index (Phi) is 13.8. The number of rotatable bonds is 14. The van der Waals surface area contributed by atoms with Gasteiger partial charge in [0.1, 0.15) is 11.9 Å². The third kappa shape index (κ3) is 10.4. The van der Waals surface area contributed by atoms with Crippen LogP contribution >= 0.6 is 46.4 Å². The second-order valence-electron chi connectivity index (χ2n) is 7.54. The second-order valence-corrected chi connectivity index (χ2v) is 9.23. The lowest BCUT2D eigenvalue weighted by atomic mass is 10.2. The fraction of sp³-hybridized carbons (Fsp3) is 0.308. The molecular weight excluding hydrogens is 582 g/mol. The molecule has 0 aromatic heterocycles. The van der Waals surface area contributed by atoms with E-state index in [1.165, 1.54) is 36.4 Å². The molecule has 0 aliphatic rings. The normalized spacial score (nSPS) is 10.1. The Balaban J connectivity index is 2.10. The number of ether oxygens (including phenoxy) is 4. The van der Waals surface area contributed by atoms with Crippen molar-refractivity contribution in [3.05, 3.63) is 56.5 Å². The van der Waals surface area contributed by atoms with Crippen molar-refractivity contribution in [2.75, 3.05) is 13.2 Å². The summed E-state index contributed by atoms with van der Waals surface area (Å²) in [5.74, 6) is 0.177. The lowest BCUT2D eigenvalue weighted by Crippen LogP contribution is -2.26. The minimum absolute atomic E-state index is 0.0348. The van der Waals surface area contributed by atoms with E-state index >= 15 is 0 Å². The Labute approximate surface area is 239 Å². The third-order valence-corrected chi connectivity index (χ3v) is 5.67. The molecule has 2 rings (SSSR count). The molecule has 12 heteroatoms. The standard InChI is InChI=1S/C26H22Cl4O8/c27-17-13-19(29)23(21(15-17)35-11-7-3-1-5-9-31)37-25(33)26(34)38-24-20(30)14-18(28)16-22(24)36-12-8-4-2-6-10-32/h5-6,13-16H,1-4,7-8,11-12H2. The highest BCUT2D eigenvalue weighted by atomic mass is 35.5. The van der Waals surface area contributed by atoms with E-state index in [9.17, 15) is 19.2 Å². The molecule has 0 heterocycles. The molecule has 0 aliphatic heterocycles. The maximum absolute atomic E-state index is 12.6. The quantitative estimate of drug-likeness (QED) is 0.0773. The van der Waals surface area contributed by atoms with Crippen molar-refractivity contribution < 1.29 is 38.1 Å². The topological polar surface area (TPSA) is 105 Å². The maximum Gasteiger partial charge on any atom is 0.423 e. The lowest BCUT2D eigenvalue weighted by Gasteiger charge is -2.15. The van der Waals surface area contributed by atoms with Gasteiger partial charge in [-0.05, 0) is 62.8 Å². The molecule has 0 aliphatic carbocycles. The van der Waals surface area contributed by atoms with Gasteiger partial charge in [0.25, 0.3) is 0 Å². The van der Waals surface area contributed by atoms with E-state index in [4.69, 9.17) is 65.4 Å². The zero-order valence-corrected chi connectivity index (χ0v) is 22.9. The molecule has 8 nitrogen and oxygen atoms in total. The van der Waals surface area contributed by atoms with Crippen molar-refractivity contribution >= 4 is 70.2 Å². The van der Waals surface area contributed by atoms with E-state index in [0.717, 1.165) is 0 Å². The average Bonchev–Trinajstić information content (AvgIpc) is 2.87. The van der Waals surface area contributed by atoms with Crippen molar-refractivity contribution in [3.63, 3.8) is 0 Å². The number of carbonyl (C=O) groups excluding carboxylic acids is 4. The van der Waals surface area contributed by atoms with Gasteiger partial charge in [-0.2, -0.15) is 0 Å². The lowest BCUT2D eigenvalue weighted by molar-refractivity contribution is -0.156. The minimum atomic E-state index is -1.41. The Bertz CT molecular complexity index is 1140. The number of allylic oxidation sites excluding steroid dienone is 2. The van der Waals surface area contributed by atoms with Gasteiger partial charge >= 0.3 is 11.9 Å². The molecular formula is C26H22Cl4O8. The third-order valence-electron chi connectivity index (χ3n) is 4.67. The number of benzene rings is 2. The molecule has 0 N–H and O–H groups in total. The first-order valence-electron chi connectivity index (χ1n) is 11.3. The number of hydrogen-bond donors (Lipinski definition) is 0. The summed E-state index contributed by atoms with van der Waals surface area (Å²) in [5.41, 5.74) is 0. The highest BCUT2D eigenvalue weighted by molar-refractivity contribution is 6.38. The fourth-order valence-electron chi connectivity index (χ4n) is 2.93. The van der Waals surface area contributed by atoms with Crippen LogP contribution in [-0.2, 0) is 19.2 Å². The summed E-state index contributed by atoms with van der Waals surface area (Å²) < 4.78 is 21.6. The van der Waals surface area contributed by atoms with Gasteiger partial charge in [0, 0.05) is 22.2 Å². The molecule has 38 heavy (non-hydrogen) atoms. The number of hydrogen-bond acceptors (Lipinski definition) is 8. The predicted octanol–water partition coefficient (Wildman–Crippen LogP) is 6.69. The highest BCUT2D eigenvalue weighted by Gasteiger charge is 2.26. The molecule has 202 valence electrons. The van der Waals surface area contributed by atoms with E-state index in [0.29, 0.717) is 38.5 Å². The summed E-state index contributed by atoms with van der Waals surface area (Å²) in [7, 11) is 0. The van der Waals surface area contributed by atoms with Crippen LogP contribution in [0.25, 0.3) is 0 Å². The van der Waals surface area contributed by atoms with Crippen molar-refractivity contribution in [2.24, 2.45) is 0 Å². The van der Waals surface area contributed by atoms with Gasteiger partial charge in [0.05, 0.1) is 23.3 Å². The Morgan fingerprint density at radius 3 is 1.42 bits per heavy atom. The summed E-state index contributed by atoms with van der Waals surface area (Å²) in [6, 6.07) is 5.37. The molecule has 0 spiro atoms. The number of halogens is 4. The summed E-state index contributed by atoms with van der Waals surface area (Å²) in [4.78, 5) is 45.6. The van der Waals surface area contributed by atoms with Crippen LogP contribution in [0.3, 0.4) is 0 Å². The van der Waals surface area contributed by atoms with Gasteiger partial charge < -0.3 is 18.9 Å². The monoisotopic (exact) mass is 602 g/mol. The van der Waals surface area contributed by atoms with Gasteiger partial charge in [0.2, 0.25) is 0 Å². The van der Waals surface area contributed by atoms with E-state index in [1.54, 1.807) is 11.9 Å². The second kappa shape index (κ2) is 16.8. The van der Waals surface area contributed by atoms with Gasteiger partial charge in [-0.3, -0.25) is 0 Å². The fourth-order valence-corrected chi connectivity index (χ4v) is 3.96. The van der Waals surface area contributed by atoms with Gasteiger partial charge in [-0.25, -0.2) is 19.2 Å². The van der Waals surface area contributed by atoms with E-state index in [-0.39, 0.29) is 56.3 Å². The van der Waals surface area contributed by atoms with Gasteiger partial charge in [-0.1, -0.05) is 46.4 Å². The largest absolute Gasteiger partial charge is 0.490 e. The first-order chi connectivity index (χ1) is 18.3. The molecule has 0 saturated heterocycles. The van der Waals surface area contributed by atoms with Crippen LogP contribution in [0.2, 0.25) is 20.1 Å². The van der Waals surface area contributed by atoms with Crippen LogP contribution < -0.4 is 18.9 Å². The van der Waals surface area contributed by atoms with Crippen LogP contribution in [0.1, 0.15) is 38.5 Å². The molecule has 0 amide bonds. The van der Waals surface area contributed by atoms with Gasteiger partial charge in [-0.15, -0.1) is 0 Å². The maximum atomic E-state index is 12.6. The summed E-state index contributed by atoms with van der Waals surface area (Å²) >= 11 is 24.4. The molecule has 0 bridgehead atoms. The molecule has 0 radical (unpaired) electrons. The van der Waals surface area contributed by atoms with Crippen molar-refractivity contribution in [1.29, 1.82) is 0 Å². The van der Waals surface area contributed by atoms with Crippen LogP contribution in [0.4, 0.5) is 0 Å². The Morgan fingerprint density at radius 2 is 1.05 bits per heavy atom. The molecule has 2 aromatic carbocycles. The minimum Gasteiger partial charge on any atom is -0.490 e. The molecule has 0 saturated carbocycles. The van der Waals surface area contributed by atoms with E-state index < -0.39 is 11.9 Å². The highest BCUT2D eigenvalue weighted by Crippen LogP contribution is 2.40. The predicted molar refractivity (Wildman–Crippen MR) is 143 cm³/mol. The van der Waals surface area contributed by atoms with Crippen molar-refractivity contribution in [3.8, 4) is 23.0 Å². The van der Waals surface area contributed by atoms with Crippen molar-refractivity contribution in [2.45, 2.75) is 38.5 Å². The van der Waals surface area contributed by atoms with Crippen LogP contribution in [0.5, 0.6) is 23.0 Å². The van der Waals surface area contributed by atoms with Crippen molar-refractivity contribution in [1.82, 2.24) is 0 Å². The smallest absolute Gasteiger partial charge is 0.423 e. The van der Waals surface area contributed by atoms with Crippen LogP contribution in [0.15, 0.2) is 36.4 Å². The summed E-state index contributed by atoms with van der Waals surface area (Å²) in [5, 5.41) is 0.285. The number of unbranched alkanes of at least 4 members (excludes halogenated alkanes) is 4. The number of esters is 2. The zero-order chi connectivity index (χ0) is 27.9. The Morgan fingerprint density at radius 1 is 0.658 bits per heavy atom. The SMILES string of the molecule is O=C=CCCCCOc1cc(Cl)cc(Cl)c1OC(=O)C(=O)Oc1c(Cl)cc(Cl)cc1OCCCCC=C=O. The molecule has 0 fully saturated rings. The first kappa shape index (κ1) is 31.3. The summed E-state index contributed by atoms with van der Waals surface area (Å²) in [6.07, 6.45) is 6.27. The number of carbonyl (C=O) groups is 2. The average molecular weight is 604 g/mol. The van der Waals surface area contributed by atoms with Gasteiger partial charge in [0.15, 0.2) is 23.0 Å². The van der Waals surface area contributed by atoms with E-state index in [2.05, 4.69) is 0 Å². The molecule has 2 aromatic rings. The molecule has 0 atom stereocenters. The van der Waals surface area contributed by atoms with Crippen LogP contribution in [0, 0.1) is 0 Å². The zero-order valence-electron chi connectivity index (χ0n) is 19.9. The first-order valence-corrected chi connectivity index (χ1v) is 12.8. The Hall–Kier alpha value is -2.96. The van der Waals surface area contributed by atoms with Crippen LogP contribution in [-0.4, -0.2) is 37.0 Å². The summed E-state index contributed by atoms with van der Waals surface area (Å²) in [6.45, 7) is 0.399.